The number of nitrogens with zero attached hydrogens (tertiary/aromatic N) is 3. The van der Waals surface area contributed by atoms with Crippen molar-refractivity contribution >= 4 is 29.1 Å². The molecule has 8 nitrogen and oxygen atoms in total. The summed E-state index contributed by atoms with van der Waals surface area (Å²) in [7, 11) is 2.94. The quantitative estimate of drug-likeness (QED) is 0.600. The highest BCUT2D eigenvalue weighted by Gasteiger charge is 2.57. The van der Waals surface area contributed by atoms with Gasteiger partial charge in [0, 0.05) is 14.1 Å². The van der Waals surface area contributed by atoms with E-state index < -0.39 is 17.7 Å². The van der Waals surface area contributed by atoms with E-state index in [0.717, 1.165) is 21.7 Å². The molecule has 3 amide bonds. The first-order valence-corrected chi connectivity index (χ1v) is 6.69. The largest absolute Gasteiger partial charge is 0.352 e. The molecule has 2 N–H and O–H groups in total. The predicted molar refractivity (Wildman–Crippen MR) is 80.0 cm³/mol. The molecule has 0 saturated heterocycles. The van der Waals surface area contributed by atoms with Crippen molar-refractivity contribution in [2.45, 2.75) is 19.6 Å². The molecule has 0 aromatic heterocycles. The maximum atomic E-state index is 12.5. The number of urea groups is 1. The Morgan fingerprint density at radius 2 is 1.82 bits per heavy atom. The number of benzene rings is 1. The zero-order chi connectivity index (χ0) is 16.2. The minimum Gasteiger partial charge on any atom is -0.339 e. The van der Waals surface area contributed by atoms with E-state index in [-0.39, 0.29) is 5.84 Å². The number of rotatable bonds is 1. The number of hydrogen-bond donors (Lipinski definition) is 2. The number of likely N-dealkylation sites (N-methyl/N-ethyl adjacent to an activating group) is 2. The van der Waals surface area contributed by atoms with Gasteiger partial charge in [-0.1, -0.05) is 0 Å². The Kier molecular flexibility index (Phi) is 2.98. The molecule has 1 atom stereocenters. The van der Waals surface area contributed by atoms with E-state index in [9.17, 15) is 14.8 Å². The van der Waals surface area contributed by atoms with Gasteiger partial charge in [-0.05, 0) is 37.1 Å². The van der Waals surface area contributed by atoms with E-state index in [1.165, 1.54) is 7.05 Å². The van der Waals surface area contributed by atoms with Crippen molar-refractivity contribution in [3.05, 3.63) is 23.3 Å². The number of anilines is 2. The van der Waals surface area contributed by atoms with Crippen LogP contribution in [-0.4, -0.2) is 47.8 Å². The summed E-state index contributed by atoms with van der Waals surface area (Å²) in [5.41, 5.74) is 1.48. The summed E-state index contributed by atoms with van der Waals surface area (Å²) in [6.45, 7) is 3.90. The van der Waals surface area contributed by atoms with Crippen molar-refractivity contribution < 1.29 is 19.7 Å². The second-order valence-corrected chi connectivity index (χ2v) is 5.49. The minimum atomic E-state index is -1.92. The molecule has 1 unspecified atom stereocenters. The summed E-state index contributed by atoms with van der Waals surface area (Å²) >= 11 is 0. The van der Waals surface area contributed by atoms with Crippen LogP contribution in [0.5, 0.6) is 0 Å². The van der Waals surface area contributed by atoms with Gasteiger partial charge < -0.3 is 10.2 Å². The van der Waals surface area contributed by atoms with Gasteiger partial charge in [-0.2, -0.15) is 9.88 Å². The molecule has 0 saturated carbocycles. The van der Waals surface area contributed by atoms with E-state index in [0.29, 0.717) is 5.69 Å². The molecule has 116 valence electrons. The summed E-state index contributed by atoms with van der Waals surface area (Å²) in [5.74, 6) is -0.736. The third-order valence-electron chi connectivity index (χ3n) is 4.15. The van der Waals surface area contributed by atoms with E-state index in [4.69, 9.17) is 0 Å². The van der Waals surface area contributed by atoms with Gasteiger partial charge in [0.25, 0.3) is 5.91 Å². The topological polar surface area (TPSA) is 94.5 Å². The number of nitrogens with one attached hydrogen (secondary N) is 1. The first kappa shape index (κ1) is 14.5. The van der Waals surface area contributed by atoms with Crippen LogP contribution in [0, 0.1) is 13.8 Å². The van der Waals surface area contributed by atoms with E-state index >= 15 is 0 Å². The predicted octanol–water partition coefficient (Wildman–Crippen LogP) is 1.34. The molecule has 0 radical (unpaired) electrons. The second kappa shape index (κ2) is 4.52. The second-order valence-electron chi connectivity index (χ2n) is 5.49. The van der Waals surface area contributed by atoms with E-state index in [1.807, 2.05) is 26.0 Å². The highest BCUT2D eigenvalue weighted by Crippen LogP contribution is 2.39. The lowest BCUT2D eigenvalue weighted by Crippen LogP contribution is -2.69. The van der Waals surface area contributed by atoms with Gasteiger partial charge in [-0.15, -0.1) is 0 Å². The summed E-state index contributed by atoms with van der Waals surface area (Å²) in [6.07, 6.45) is 0. The van der Waals surface area contributed by atoms with Gasteiger partial charge in [0.15, 0.2) is 5.84 Å². The molecule has 0 aliphatic carbocycles. The van der Waals surface area contributed by atoms with Crippen LogP contribution < -0.4 is 10.2 Å². The summed E-state index contributed by atoms with van der Waals surface area (Å²) in [5, 5.41) is 12.3. The number of hydrogen-bond acceptors (Lipinski definition) is 6. The zero-order valence-electron chi connectivity index (χ0n) is 12.7. The standard InChI is InChI=1S/C14H16N4O4/c1-7-5-9-10(6-8(7)2)17(3)11-14(16-9,22-21)12(19)18(4)13(20)15-11/h5-6,16,21H,1-4H3. The Morgan fingerprint density at radius 1 is 1.18 bits per heavy atom. The fourth-order valence-electron chi connectivity index (χ4n) is 2.67. The number of aryl methyl sites for hydroxylation is 2. The lowest BCUT2D eigenvalue weighted by atomic mass is 9.99. The first-order chi connectivity index (χ1) is 10.3. The molecule has 2 aliphatic heterocycles. The number of carbonyl (C=O) groups is 2. The molecule has 3 rings (SSSR count). The van der Waals surface area contributed by atoms with Gasteiger partial charge in [-0.25, -0.2) is 10.1 Å². The Balaban J connectivity index is 2.26. The molecule has 1 aromatic carbocycles. The highest BCUT2D eigenvalue weighted by atomic mass is 17.1. The van der Waals surface area contributed by atoms with Crippen molar-refractivity contribution in [3.63, 3.8) is 0 Å². The molecule has 0 bridgehead atoms. The SMILES string of the molecule is Cc1cc2c(cc1C)N(C)C1=NC(=O)N(C)C(=O)C1(OO)N2. The van der Waals surface area contributed by atoms with Crippen molar-refractivity contribution in [2.24, 2.45) is 4.99 Å². The summed E-state index contributed by atoms with van der Waals surface area (Å²) in [6, 6.07) is 3.05. The molecule has 1 aromatic rings. The van der Waals surface area contributed by atoms with E-state index in [1.54, 1.807) is 11.9 Å². The number of carbonyl (C=O) groups excluding carboxylic acids is 2. The van der Waals surface area contributed by atoms with E-state index in [2.05, 4.69) is 15.2 Å². The number of amides is 3. The Morgan fingerprint density at radius 3 is 2.45 bits per heavy atom. The van der Waals surface area contributed by atoms with Crippen molar-refractivity contribution in [3.8, 4) is 0 Å². The normalized spacial score (nSPS) is 23.8. The van der Waals surface area contributed by atoms with Crippen LogP contribution in [0.4, 0.5) is 16.2 Å². The van der Waals surface area contributed by atoms with Crippen LogP contribution in [0.2, 0.25) is 0 Å². The maximum Gasteiger partial charge on any atom is 0.352 e. The fraction of sp³-hybridized carbons (Fsp3) is 0.357. The van der Waals surface area contributed by atoms with Crippen molar-refractivity contribution in [1.82, 2.24) is 4.90 Å². The molecule has 8 heteroatoms. The number of imide groups is 1. The first-order valence-electron chi connectivity index (χ1n) is 6.69. The van der Waals surface area contributed by atoms with Crippen LogP contribution in [0.25, 0.3) is 0 Å². The van der Waals surface area contributed by atoms with Crippen molar-refractivity contribution in [2.75, 3.05) is 24.3 Å². The zero-order valence-corrected chi connectivity index (χ0v) is 12.7. The molecule has 2 aliphatic rings. The Labute approximate surface area is 126 Å². The maximum absolute atomic E-state index is 12.5. The molecular formula is C14H16N4O4. The minimum absolute atomic E-state index is 0.00106. The molecule has 22 heavy (non-hydrogen) atoms. The van der Waals surface area contributed by atoms with Gasteiger partial charge in [0.05, 0.1) is 11.4 Å². The van der Waals surface area contributed by atoms with Crippen LogP contribution in [-0.2, 0) is 9.68 Å². The third-order valence-corrected chi connectivity index (χ3v) is 4.15. The number of fused-ring (bicyclic) bond motifs is 2. The summed E-state index contributed by atoms with van der Waals surface area (Å²) < 4.78 is 0. The fourth-order valence-corrected chi connectivity index (χ4v) is 2.67. The Hall–Kier alpha value is -2.45. The Bertz CT molecular complexity index is 730. The monoisotopic (exact) mass is 304 g/mol. The van der Waals surface area contributed by atoms with Crippen LogP contribution in [0.3, 0.4) is 0 Å². The van der Waals surface area contributed by atoms with Gasteiger partial charge in [-0.3, -0.25) is 9.69 Å². The lowest BCUT2D eigenvalue weighted by molar-refractivity contribution is -0.286. The smallest absolute Gasteiger partial charge is 0.339 e. The highest BCUT2D eigenvalue weighted by molar-refractivity contribution is 6.28. The molecular weight excluding hydrogens is 288 g/mol. The average Bonchev–Trinajstić information content (AvgIpc) is 2.49. The van der Waals surface area contributed by atoms with Crippen LogP contribution >= 0.6 is 0 Å². The number of aliphatic imine (C=N–C) groups is 1. The van der Waals surface area contributed by atoms with Gasteiger partial charge in [0.2, 0.25) is 0 Å². The van der Waals surface area contributed by atoms with Gasteiger partial charge in [0.1, 0.15) is 0 Å². The van der Waals surface area contributed by atoms with Crippen LogP contribution in [0.1, 0.15) is 11.1 Å². The molecule has 0 fully saturated rings. The van der Waals surface area contributed by atoms with Gasteiger partial charge >= 0.3 is 11.8 Å². The number of amidine groups is 1. The lowest BCUT2D eigenvalue weighted by Gasteiger charge is -2.44. The average molecular weight is 304 g/mol. The third kappa shape index (κ3) is 1.68. The van der Waals surface area contributed by atoms with Crippen LogP contribution in [0.15, 0.2) is 17.1 Å². The summed E-state index contributed by atoms with van der Waals surface area (Å²) in [4.78, 5) is 35.0. The van der Waals surface area contributed by atoms with Crippen molar-refractivity contribution in [1.29, 1.82) is 0 Å². The molecule has 0 spiro atoms. The molecule has 2 heterocycles.